The highest BCUT2D eigenvalue weighted by Crippen LogP contribution is 2.31. The van der Waals surface area contributed by atoms with Crippen molar-refractivity contribution in [2.24, 2.45) is 0 Å². The maximum absolute atomic E-state index is 14.2. The third-order valence-corrected chi connectivity index (χ3v) is 4.82. The fourth-order valence-electron chi connectivity index (χ4n) is 3.19. The summed E-state index contributed by atoms with van der Waals surface area (Å²) in [5, 5.41) is 12.6. The normalized spacial score (nSPS) is 19.6. The van der Waals surface area contributed by atoms with E-state index in [-0.39, 0.29) is 18.0 Å². The first-order chi connectivity index (χ1) is 14.1. The van der Waals surface area contributed by atoms with Crippen molar-refractivity contribution in [1.29, 1.82) is 0 Å². The van der Waals surface area contributed by atoms with E-state index in [0.717, 1.165) is 23.1 Å². The number of ether oxygens (including phenoxy) is 1. The number of β-amino-alcohol motifs (C(OH)–C–C–N with tert-alkyl or cyclic N) is 1. The molecule has 158 valence electrons. The Morgan fingerprint density at radius 3 is 2.67 bits per heavy atom. The van der Waals surface area contributed by atoms with E-state index < -0.39 is 41.8 Å². The minimum absolute atomic E-state index is 0.149. The van der Waals surface area contributed by atoms with Gasteiger partial charge in [-0.2, -0.15) is 0 Å². The Bertz CT molecular complexity index is 1010. The lowest BCUT2D eigenvalue weighted by Gasteiger charge is -2.23. The van der Waals surface area contributed by atoms with Crippen molar-refractivity contribution in [1.82, 2.24) is 10.2 Å². The van der Waals surface area contributed by atoms with Gasteiger partial charge in [-0.3, -0.25) is 14.5 Å². The lowest BCUT2D eigenvalue weighted by Crippen LogP contribution is -2.43. The molecule has 0 spiro atoms. The molecule has 2 aromatic carbocycles. The van der Waals surface area contributed by atoms with Gasteiger partial charge in [-0.15, -0.1) is 0 Å². The number of Topliss-reactive ketones (excluding diaryl/α,β-unsaturated/α-hetero) is 1. The van der Waals surface area contributed by atoms with Crippen molar-refractivity contribution in [3.63, 3.8) is 0 Å². The van der Waals surface area contributed by atoms with Gasteiger partial charge in [0.05, 0.1) is 6.54 Å². The second-order valence-corrected chi connectivity index (χ2v) is 7.14. The van der Waals surface area contributed by atoms with Crippen molar-refractivity contribution in [3.05, 3.63) is 65.2 Å². The molecule has 1 aliphatic rings. The number of nitrogens with zero attached hydrogens (tertiary/aromatic N) is 1. The number of benzene rings is 2. The highest BCUT2D eigenvalue weighted by molar-refractivity contribution is 6.07. The number of amides is 3. The van der Waals surface area contributed by atoms with E-state index in [0.29, 0.717) is 11.3 Å². The lowest BCUT2D eigenvalue weighted by molar-refractivity contribution is -0.132. The predicted molar refractivity (Wildman–Crippen MR) is 102 cm³/mol. The molecule has 0 aliphatic carbocycles. The highest BCUT2D eigenvalue weighted by Gasteiger charge is 2.50. The molecule has 30 heavy (non-hydrogen) atoms. The average Bonchev–Trinajstić information content (AvgIpc) is 2.92. The maximum atomic E-state index is 14.2. The first kappa shape index (κ1) is 21.4. The van der Waals surface area contributed by atoms with Crippen molar-refractivity contribution in [2.75, 3.05) is 13.2 Å². The smallest absolute Gasteiger partial charge is 0.325 e. The number of rotatable bonds is 7. The number of halogens is 2. The number of hydrogen-bond acceptors (Lipinski definition) is 5. The van der Waals surface area contributed by atoms with Crippen LogP contribution in [0.25, 0.3) is 0 Å². The van der Waals surface area contributed by atoms with Gasteiger partial charge in [-0.05, 0) is 44.2 Å². The van der Waals surface area contributed by atoms with Crippen LogP contribution in [0.15, 0.2) is 42.5 Å². The van der Waals surface area contributed by atoms with Crippen LogP contribution in [-0.4, -0.2) is 47.0 Å². The van der Waals surface area contributed by atoms with Crippen LogP contribution in [0, 0.1) is 11.6 Å². The minimum atomic E-state index is -1.81. The fraction of sp³-hybridized carbons (Fsp3) is 0.286. The monoisotopic (exact) mass is 418 g/mol. The van der Waals surface area contributed by atoms with E-state index in [9.17, 15) is 28.3 Å². The van der Waals surface area contributed by atoms with Crippen LogP contribution in [0.1, 0.15) is 29.8 Å². The minimum Gasteiger partial charge on any atom is -0.491 e. The van der Waals surface area contributed by atoms with Crippen LogP contribution < -0.4 is 10.1 Å². The van der Waals surface area contributed by atoms with Gasteiger partial charge in [0.25, 0.3) is 5.91 Å². The Balaban J connectivity index is 1.69. The zero-order valence-electron chi connectivity index (χ0n) is 16.3. The summed E-state index contributed by atoms with van der Waals surface area (Å²) in [5.41, 5.74) is -1.68. The number of nitrogens with one attached hydrogen (secondary N) is 1. The summed E-state index contributed by atoms with van der Waals surface area (Å²) in [5.74, 6) is -2.23. The molecule has 2 atom stereocenters. The van der Waals surface area contributed by atoms with E-state index >= 15 is 0 Å². The first-order valence-electron chi connectivity index (χ1n) is 9.13. The highest BCUT2D eigenvalue weighted by atomic mass is 19.1. The van der Waals surface area contributed by atoms with Crippen molar-refractivity contribution in [2.45, 2.75) is 25.5 Å². The molecular formula is C21H20F2N2O5. The fourth-order valence-corrected chi connectivity index (χ4v) is 3.19. The first-order valence-corrected chi connectivity index (χ1v) is 9.13. The standard InChI is InChI=1S/C21H20F2N2O5/c1-12(26)13-4-3-5-16(8-13)30-11-15(27)10-25-19(28)21(2,24-20(25)29)17-9-14(22)6-7-18(17)23/h3-9,15,27H,10-11H2,1-2H3,(H,24,29)/t15-,21-/m1/s1. The summed E-state index contributed by atoms with van der Waals surface area (Å²) >= 11 is 0. The Labute approximate surface area is 171 Å². The molecule has 7 nitrogen and oxygen atoms in total. The number of imide groups is 1. The van der Waals surface area contributed by atoms with E-state index in [1.807, 2.05) is 0 Å². The van der Waals surface area contributed by atoms with Crippen LogP contribution >= 0.6 is 0 Å². The van der Waals surface area contributed by atoms with Crippen LogP contribution in [0.3, 0.4) is 0 Å². The zero-order chi connectivity index (χ0) is 22.1. The van der Waals surface area contributed by atoms with Gasteiger partial charge >= 0.3 is 6.03 Å². The number of ketones is 1. The molecule has 3 rings (SSSR count). The molecule has 3 amide bonds. The Kier molecular flexibility index (Phi) is 5.84. The molecule has 1 saturated heterocycles. The van der Waals surface area contributed by atoms with E-state index in [2.05, 4.69) is 5.32 Å². The Morgan fingerprint density at radius 1 is 1.23 bits per heavy atom. The average molecular weight is 418 g/mol. The molecule has 0 radical (unpaired) electrons. The second-order valence-electron chi connectivity index (χ2n) is 7.14. The number of carbonyl (C=O) groups is 3. The number of carbonyl (C=O) groups excluding carboxylic acids is 3. The summed E-state index contributed by atoms with van der Waals surface area (Å²) in [6.07, 6.45) is -1.25. The maximum Gasteiger partial charge on any atom is 0.325 e. The molecule has 9 heteroatoms. The van der Waals surface area contributed by atoms with Gasteiger partial charge in [0.15, 0.2) is 5.78 Å². The van der Waals surface area contributed by atoms with E-state index in [1.54, 1.807) is 18.2 Å². The topological polar surface area (TPSA) is 95.9 Å². The van der Waals surface area contributed by atoms with Gasteiger partial charge in [0, 0.05) is 11.1 Å². The van der Waals surface area contributed by atoms with Gasteiger partial charge in [-0.25, -0.2) is 13.6 Å². The molecule has 0 bridgehead atoms. The van der Waals surface area contributed by atoms with Crippen molar-refractivity contribution in [3.8, 4) is 5.75 Å². The largest absolute Gasteiger partial charge is 0.491 e. The quantitative estimate of drug-likeness (QED) is 0.532. The summed E-state index contributed by atoms with van der Waals surface area (Å²) in [6, 6.07) is 8.12. The van der Waals surface area contributed by atoms with E-state index in [1.165, 1.54) is 19.9 Å². The molecule has 2 N–H and O–H groups in total. The molecule has 1 heterocycles. The third-order valence-electron chi connectivity index (χ3n) is 4.82. The van der Waals surface area contributed by atoms with Crippen LogP contribution in [0.5, 0.6) is 5.75 Å². The lowest BCUT2D eigenvalue weighted by atomic mass is 9.91. The van der Waals surface area contributed by atoms with Crippen LogP contribution in [0.2, 0.25) is 0 Å². The summed E-state index contributed by atoms with van der Waals surface area (Å²) < 4.78 is 33.2. The molecular weight excluding hydrogens is 398 g/mol. The van der Waals surface area contributed by atoms with E-state index in [4.69, 9.17) is 4.74 Å². The Morgan fingerprint density at radius 2 is 1.97 bits per heavy atom. The van der Waals surface area contributed by atoms with Gasteiger partial charge in [0.1, 0.15) is 35.6 Å². The summed E-state index contributed by atoms with van der Waals surface area (Å²) in [6.45, 7) is 2.00. The van der Waals surface area contributed by atoms with Gasteiger partial charge in [-0.1, -0.05) is 12.1 Å². The molecule has 1 fully saturated rings. The van der Waals surface area contributed by atoms with Crippen molar-refractivity contribution < 1.29 is 33.0 Å². The zero-order valence-corrected chi connectivity index (χ0v) is 16.3. The van der Waals surface area contributed by atoms with Gasteiger partial charge in [0.2, 0.25) is 0 Å². The van der Waals surface area contributed by atoms with Crippen LogP contribution in [-0.2, 0) is 10.3 Å². The van der Waals surface area contributed by atoms with Crippen LogP contribution in [0.4, 0.5) is 13.6 Å². The number of urea groups is 1. The summed E-state index contributed by atoms with van der Waals surface area (Å²) in [7, 11) is 0. The predicted octanol–water partition coefficient (Wildman–Crippen LogP) is 2.37. The van der Waals surface area contributed by atoms with Crippen molar-refractivity contribution >= 4 is 17.7 Å². The van der Waals surface area contributed by atoms with Gasteiger partial charge < -0.3 is 15.2 Å². The molecule has 2 aromatic rings. The molecule has 1 aliphatic heterocycles. The summed E-state index contributed by atoms with van der Waals surface area (Å²) in [4.78, 5) is 37.2. The molecule has 0 unspecified atom stereocenters. The third kappa shape index (κ3) is 4.16. The number of aliphatic hydroxyl groups is 1. The molecule has 0 saturated carbocycles. The number of hydrogen-bond donors (Lipinski definition) is 2. The SMILES string of the molecule is CC(=O)c1cccc(OC[C@H](O)CN2C(=O)N[C@](C)(c3cc(F)ccc3F)C2=O)c1. The second kappa shape index (κ2) is 8.19. The number of aliphatic hydroxyl groups excluding tert-OH is 1. The molecule has 0 aromatic heterocycles. The Hall–Kier alpha value is -3.33.